The van der Waals surface area contributed by atoms with Gasteiger partial charge in [0.15, 0.2) is 0 Å². The van der Waals surface area contributed by atoms with Gasteiger partial charge in [0.05, 0.1) is 0 Å². The van der Waals surface area contributed by atoms with Crippen LogP contribution >= 0.6 is 0 Å². The maximum absolute atomic E-state index is 12.9. The van der Waals surface area contributed by atoms with Gasteiger partial charge in [-0.3, -0.25) is 0 Å². The molecular weight excluding hydrogens is 609 g/mol. The van der Waals surface area contributed by atoms with Gasteiger partial charge in [-0.2, -0.15) is 0 Å². The average Bonchev–Trinajstić information content (AvgIpc) is 3.06. The lowest BCUT2D eigenvalue weighted by Crippen LogP contribution is -2.31. The highest BCUT2D eigenvalue weighted by Crippen LogP contribution is 2.42. The molecule has 2 N–H and O–H groups in total. The summed E-state index contributed by atoms with van der Waals surface area (Å²) in [6, 6.07) is 41.3. The Hall–Kier alpha value is -3.98. The molecule has 5 aromatic carbocycles. The van der Waals surface area contributed by atoms with E-state index in [1.165, 1.54) is 22.3 Å². The van der Waals surface area contributed by atoms with Gasteiger partial charge in [-0.05, 0) is 77.3 Å². The molecule has 262 valence electrons. The van der Waals surface area contributed by atoms with E-state index in [-0.39, 0.29) is 21.7 Å². The molecule has 0 saturated carbocycles. The lowest BCUT2D eigenvalue weighted by Gasteiger charge is -2.34. The standard InChI is InChI=1S/C48H58O2/c1-43(2,3)33-13-21-37(22-14-33)47(49,38-23-15-34(16-24-38)44(4,5)6)41-29-31-42(32-30-41)48(50,39-25-17-35(18-26-39)45(7,8)9)40-27-19-36(20-28-40)46(10,11)12/h13-32,49-50H,1-12H3. The summed E-state index contributed by atoms with van der Waals surface area (Å²) in [6.45, 7) is 26.4. The summed E-state index contributed by atoms with van der Waals surface area (Å²) in [4.78, 5) is 0. The zero-order chi connectivity index (χ0) is 36.9. The number of hydrogen-bond acceptors (Lipinski definition) is 2. The van der Waals surface area contributed by atoms with Crippen molar-refractivity contribution in [2.24, 2.45) is 0 Å². The minimum atomic E-state index is -1.41. The Kier molecular flexibility index (Phi) is 9.67. The largest absolute Gasteiger partial charge is 0.376 e. The highest BCUT2D eigenvalue weighted by Gasteiger charge is 2.38. The molecule has 0 radical (unpaired) electrons. The molecule has 0 unspecified atom stereocenters. The first-order valence-electron chi connectivity index (χ1n) is 18.1. The van der Waals surface area contributed by atoms with Gasteiger partial charge >= 0.3 is 0 Å². The first-order chi connectivity index (χ1) is 23.1. The van der Waals surface area contributed by atoms with Crippen LogP contribution in [0.1, 0.15) is 139 Å². The number of rotatable bonds is 6. The van der Waals surface area contributed by atoms with Crippen LogP contribution in [0.4, 0.5) is 0 Å². The second-order valence-corrected chi connectivity index (χ2v) is 18.3. The van der Waals surface area contributed by atoms with E-state index in [9.17, 15) is 10.2 Å². The van der Waals surface area contributed by atoms with E-state index in [0.717, 1.165) is 33.4 Å². The molecular formula is C48H58O2. The zero-order valence-corrected chi connectivity index (χ0v) is 32.4. The lowest BCUT2D eigenvalue weighted by atomic mass is 9.75. The predicted octanol–water partition coefficient (Wildman–Crippen LogP) is 11.4. The van der Waals surface area contributed by atoms with Crippen molar-refractivity contribution in [1.29, 1.82) is 0 Å². The van der Waals surface area contributed by atoms with Crippen LogP contribution in [0.25, 0.3) is 0 Å². The van der Waals surface area contributed by atoms with Crippen LogP contribution in [0.3, 0.4) is 0 Å². The van der Waals surface area contributed by atoms with Gasteiger partial charge in [0.1, 0.15) is 11.2 Å². The van der Waals surface area contributed by atoms with Crippen LogP contribution in [-0.2, 0) is 32.9 Å². The molecule has 2 heteroatoms. The van der Waals surface area contributed by atoms with Crippen molar-refractivity contribution in [1.82, 2.24) is 0 Å². The SMILES string of the molecule is CC(C)(C)c1ccc(C(O)(c2ccc(C(C)(C)C)cc2)c2ccc(C(O)(c3ccc(C(C)(C)C)cc3)c3ccc(C(C)(C)C)cc3)cc2)cc1. The topological polar surface area (TPSA) is 40.5 Å². The number of aliphatic hydroxyl groups is 2. The zero-order valence-electron chi connectivity index (χ0n) is 32.4. The summed E-state index contributed by atoms with van der Waals surface area (Å²) in [7, 11) is 0. The van der Waals surface area contributed by atoms with E-state index in [4.69, 9.17) is 0 Å². The Bertz CT molecular complexity index is 1620. The van der Waals surface area contributed by atoms with Crippen LogP contribution in [-0.4, -0.2) is 10.2 Å². The fourth-order valence-corrected chi connectivity index (χ4v) is 6.80. The third kappa shape index (κ3) is 7.25. The molecule has 0 aliphatic heterocycles. The molecule has 0 aliphatic rings. The fourth-order valence-electron chi connectivity index (χ4n) is 6.80. The van der Waals surface area contributed by atoms with E-state index >= 15 is 0 Å². The van der Waals surface area contributed by atoms with E-state index < -0.39 is 11.2 Å². The summed E-state index contributed by atoms with van der Waals surface area (Å²) < 4.78 is 0. The third-order valence-electron chi connectivity index (χ3n) is 10.4. The first-order valence-corrected chi connectivity index (χ1v) is 18.1. The molecule has 0 saturated heterocycles. The molecule has 0 aliphatic carbocycles. The number of benzene rings is 5. The average molecular weight is 667 g/mol. The Balaban J connectivity index is 1.67. The van der Waals surface area contributed by atoms with Gasteiger partial charge in [-0.25, -0.2) is 0 Å². The molecule has 0 fully saturated rings. The Morgan fingerprint density at radius 1 is 0.220 bits per heavy atom. The summed E-state index contributed by atoms with van der Waals surface area (Å²) in [5, 5.41) is 25.8. The van der Waals surface area contributed by atoms with Gasteiger partial charge in [-0.1, -0.05) is 204 Å². The van der Waals surface area contributed by atoms with Gasteiger partial charge < -0.3 is 10.2 Å². The van der Waals surface area contributed by atoms with Gasteiger partial charge in [0.25, 0.3) is 0 Å². The van der Waals surface area contributed by atoms with Crippen LogP contribution in [0.2, 0.25) is 0 Å². The van der Waals surface area contributed by atoms with Crippen molar-refractivity contribution in [3.8, 4) is 0 Å². The fraction of sp³-hybridized carbons (Fsp3) is 0.375. The van der Waals surface area contributed by atoms with Crippen LogP contribution < -0.4 is 0 Å². The maximum atomic E-state index is 12.9. The molecule has 5 aromatic rings. The summed E-state index contributed by atoms with van der Waals surface area (Å²) in [6.07, 6.45) is 0. The van der Waals surface area contributed by atoms with Crippen molar-refractivity contribution >= 4 is 0 Å². The van der Waals surface area contributed by atoms with Crippen molar-refractivity contribution in [3.05, 3.63) is 177 Å². The third-order valence-corrected chi connectivity index (χ3v) is 10.4. The molecule has 2 nitrogen and oxygen atoms in total. The molecule has 50 heavy (non-hydrogen) atoms. The predicted molar refractivity (Wildman–Crippen MR) is 211 cm³/mol. The molecule has 0 heterocycles. The van der Waals surface area contributed by atoms with E-state index in [2.05, 4.69) is 180 Å². The lowest BCUT2D eigenvalue weighted by molar-refractivity contribution is 0.121. The smallest absolute Gasteiger partial charge is 0.140 e. The second kappa shape index (κ2) is 13.0. The maximum Gasteiger partial charge on any atom is 0.140 e. The highest BCUT2D eigenvalue weighted by atomic mass is 16.3. The molecule has 0 spiro atoms. The van der Waals surface area contributed by atoms with Crippen LogP contribution in [0.5, 0.6) is 0 Å². The van der Waals surface area contributed by atoms with E-state index in [1.807, 2.05) is 24.3 Å². The summed E-state index contributed by atoms with van der Waals surface area (Å²) in [5.74, 6) is 0. The van der Waals surface area contributed by atoms with E-state index in [1.54, 1.807) is 0 Å². The van der Waals surface area contributed by atoms with Crippen molar-refractivity contribution in [2.75, 3.05) is 0 Å². The Labute approximate surface area is 302 Å². The quantitative estimate of drug-likeness (QED) is 0.177. The first kappa shape index (κ1) is 37.3. The van der Waals surface area contributed by atoms with E-state index in [0.29, 0.717) is 0 Å². The molecule has 0 amide bonds. The minimum Gasteiger partial charge on any atom is -0.376 e. The summed E-state index contributed by atoms with van der Waals surface area (Å²) >= 11 is 0. The van der Waals surface area contributed by atoms with Crippen molar-refractivity contribution < 1.29 is 10.2 Å². The number of hydrogen-bond donors (Lipinski definition) is 2. The second-order valence-electron chi connectivity index (χ2n) is 18.3. The van der Waals surface area contributed by atoms with Gasteiger partial charge in [0, 0.05) is 0 Å². The van der Waals surface area contributed by atoms with Crippen molar-refractivity contribution in [3.63, 3.8) is 0 Å². The molecule has 0 aromatic heterocycles. The Morgan fingerprint density at radius 2 is 0.320 bits per heavy atom. The highest BCUT2D eigenvalue weighted by molar-refractivity contribution is 5.53. The molecule has 0 atom stereocenters. The Morgan fingerprint density at radius 3 is 0.420 bits per heavy atom. The van der Waals surface area contributed by atoms with Crippen molar-refractivity contribution in [2.45, 2.75) is 116 Å². The van der Waals surface area contributed by atoms with Crippen LogP contribution in [0.15, 0.2) is 121 Å². The van der Waals surface area contributed by atoms with Gasteiger partial charge in [-0.15, -0.1) is 0 Å². The molecule has 0 bridgehead atoms. The summed E-state index contributed by atoms with van der Waals surface area (Å²) in [5.41, 5.74) is 6.66. The monoisotopic (exact) mass is 666 g/mol. The van der Waals surface area contributed by atoms with Gasteiger partial charge in [0.2, 0.25) is 0 Å². The normalized spacial score (nSPS) is 13.4. The minimum absolute atomic E-state index is 0.00667. The van der Waals surface area contributed by atoms with Crippen LogP contribution in [0, 0.1) is 0 Å². The molecule has 5 rings (SSSR count).